The number of nitrogens with one attached hydrogen (secondary N) is 1. The molecular formula is C17H15ClN2O2S. The molecule has 0 radical (unpaired) electrons. The van der Waals surface area contributed by atoms with Gasteiger partial charge in [-0.25, -0.2) is 4.98 Å². The minimum Gasteiger partial charge on any atom is -0.375 e. The van der Waals surface area contributed by atoms with E-state index in [1.807, 2.05) is 42.5 Å². The zero-order valence-electron chi connectivity index (χ0n) is 12.5. The number of fused-ring (bicyclic) bond motifs is 1. The van der Waals surface area contributed by atoms with Gasteiger partial charge in [-0.15, -0.1) is 11.3 Å². The third kappa shape index (κ3) is 3.52. The molecule has 1 N–H and O–H groups in total. The number of amides is 1. The molecule has 118 valence electrons. The van der Waals surface area contributed by atoms with Gasteiger partial charge >= 0.3 is 0 Å². The van der Waals surface area contributed by atoms with E-state index in [4.69, 9.17) is 16.3 Å². The SMILES string of the molecule is CO[C@H](CNC(=O)c1nc2ccccc2s1)c1ccccc1Cl. The first-order valence-corrected chi connectivity index (χ1v) is 8.29. The quantitative estimate of drug-likeness (QED) is 0.757. The number of methoxy groups -OCH3 is 1. The molecule has 1 aromatic heterocycles. The lowest BCUT2D eigenvalue weighted by Gasteiger charge is -2.17. The normalized spacial score (nSPS) is 12.3. The Bertz CT molecular complexity index is 801. The Morgan fingerprint density at radius 1 is 1.26 bits per heavy atom. The number of thiazole rings is 1. The Labute approximate surface area is 143 Å². The third-order valence-electron chi connectivity index (χ3n) is 3.47. The van der Waals surface area contributed by atoms with Crippen LogP contribution in [0.5, 0.6) is 0 Å². The Balaban J connectivity index is 1.71. The van der Waals surface area contributed by atoms with Crippen LogP contribution in [0.25, 0.3) is 10.2 Å². The molecule has 3 rings (SSSR count). The lowest BCUT2D eigenvalue weighted by Crippen LogP contribution is -2.29. The number of para-hydroxylation sites is 1. The highest BCUT2D eigenvalue weighted by atomic mass is 35.5. The molecule has 3 aromatic rings. The molecular weight excluding hydrogens is 332 g/mol. The van der Waals surface area contributed by atoms with Crippen LogP contribution in [-0.4, -0.2) is 24.5 Å². The third-order valence-corrected chi connectivity index (χ3v) is 4.85. The summed E-state index contributed by atoms with van der Waals surface area (Å²) in [6, 6.07) is 15.1. The number of aromatic nitrogens is 1. The molecule has 0 aliphatic carbocycles. The van der Waals surface area contributed by atoms with Crippen LogP contribution < -0.4 is 5.32 Å². The molecule has 1 amide bonds. The molecule has 6 heteroatoms. The van der Waals surface area contributed by atoms with Gasteiger partial charge in [-0.05, 0) is 18.2 Å². The number of hydrogen-bond donors (Lipinski definition) is 1. The summed E-state index contributed by atoms with van der Waals surface area (Å²) >= 11 is 7.55. The fraction of sp³-hybridized carbons (Fsp3) is 0.176. The standard InChI is InChI=1S/C17H15ClN2O2S/c1-22-14(11-6-2-3-7-12(11)18)10-19-16(21)17-20-13-8-4-5-9-15(13)23-17/h2-9,14H,10H2,1H3,(H,19,21)/t14-/m1/s1. The van der Waals surface area contributed by atoms with Crippen LogP contribution in [0.2, 0.25) is 5.02 Å². The molecule has 0 saturated carbocycles. The Hall–Kier alpha value is -1.95. The lowest BCUT2D eigenvalue weighted by molar-refractivity contribution is 0.0828. The summed E-state index contributed by atoms with van der Waals surface area (Å²) in [6.07, 6.45) is -0.304. The van der Waals surface area contributed by atoms with Gasteiger partial charge in [0.2, 0.25) is 0 Å². The maximum Gasteiger partial charge on any atom is 0.280 e. The molecule has 1 heterocycles. The maximum absolute atomic E-state index is 12.3. The lowest BCUT2D eigenvalue weighted by atomic mass is 10.1. The van der Waals surface area contributed by atoms with Gasteiger partial charge in [-0.2, -0.15) is 0 Å². The molecule has 0 saturated heterocycles. The summed E-state index contributed by atoms with van der Waals surface area (Å²) in [5, 5.41) is 3.93. The summed E-state index contributed by atoms with van der Waals surface area (Å²) < 4.78 is 6.44. The van der Waals surface area contributed by atoms with E-state index < -0.39 is 0 Å². The van der Waals surface area contributed by atoms with E-state index in [-0.39, 0.29) is 12.0 Å². The van der Waals surface area contributed by atoms with Crippen LogP contribution in [0.15, 0.2) is 48.5 Å². The summed E-state index contributed by atoms with van der Waals surface area (Å²) in [5.74, 6) is -0.208. The number of rotatable bonds is 5. The Morgan fingerprint density at radius 3 is 2.74 bits per heavy atom. The van der Waals surface area contributed by atoms with Crippen LogP contribution in [-0.2, 0) is 4.74 Å². The van der Waals surface area contributed by atoms with Gasteiger partial charge in [0, 0.05) is 24.2 Å². The second-order valence-corrected chi connectivity index (χ2v) is 6.38. The predicted molar refractivity (Wildman–Crippen MR) is 93.2 cm³/mol. The van der Waals surface area contributed by atoms with E-state index in [0.717, 1.165) is 15.8 Å². The Morgan fingerprint density at radius 2 is 2.00 bits per heavy atom. The highest BCUT2D eigenvalue weighted by Gasteiger charge is 2.17. The molecule has 0 aliphatic heterocycles. The van der Waals surface area contributed by atoms with Gasteiger partial charge in [0.05, 0.1) is 10.2 Å². The van der Waals surface area contributed by atoms with Crippen LogP contribution in [0.3, 0.4) is 0 Å². The molecule has 0 spiro atoms. The molecule has 0 bridgehead atoms. The molecule has 4 nitrogen and oxygen atoms in total. The van der Waals surface area contributed by atoms with Gasteiger partial charge in [0.15, 0.2) is 5.01 Å². The number of halogens is 1. The van der Waals surface area contributed by atoms with Crippen molar-refractivity contribution in [3.8, 4) is 0 Å². The first-order valence-electron chi connectivity index (χ1n) is 7.10. The van der Waals surface area contributed by atoms with E-state index in [0.29, 0.717) is 16.6 Å². The molecule has 2 aromatic carbocycles. The van der Waals surface area contributed by atoms with Crippen LogP contribution >= 0.6 is 22.9 Å². The van der Waals surface area contributed by atoms with Gasteiger partial charge in [0.1, 0.15) is 6.10 Å². The number of hydrogen-bond acceptors (Lipinski definition) is 4. The average molecular weight is 347 g/mol. The van der Waals surface area contributed by atoms with Crippen molar-refractivity contribution in [2.45, 2.75) is 6.10 Å². The van der Waals surface area contributed by atoms with Crippen molar-refractivity contribution in [1.82, 2.24) is 10.3 Å². The largest absolute Gasteiger partial charge is 0.375 e. The highest BCUT2D eigenvalue weighted by molar-refractivity contribution is 7.20. The average Bonchev–Trinajstić information content (AvgIpc) is 3.01. The van der Waals surface area contributed by atoms with Crippen LogP contribution in [0.1, 0.15) is 21.5 Å². The minimum absolute atomic E-state index is 0.208. The van der Waals surface area contributed by atoms with Crippen molar-refractivity contribution in [3.63, 3.8) is 0 Å². The monoisotopic (exact) mass is 346 g/mol. The van der Waals surface area contributed by atoms with Crippen molar-refractivity contribution < 1.29 is 9.53 Å². The molecule has 0 fully saturated rings. The topological polar surface area (TPSA) is 51.2 Å². The van der Waals surface area contributed by atoms with E-state index in [9.17, 15) is 4.79 Å². The van der Waals surface area contributed by atoms with Crippen LogP contribution in [0, 0.1) is 0 Å². The number of carbonyl (C=O) groups excluding carboxylic acids is 1. The zero-order valence-corrected chi connectivity index (χ0v) is 14.0. The molecule has 0 aliphatic rings. The van der Waals surface area contributed by atoms with Crippen molar-refractivity contribution >= 4 is 39.1 Å². The first-order chi connectivity index (χ1) is 11.2. The van der Waals surface area contributed by atoms with E-state index in [1.165, 1.54) is 11.3 Å². The van der Waals surface area contributed by atoms with Gasteiger partial charge in [-0.1, -0.05) is 41.9 Å². The van der Waals surface area contributed by atoms with E-state index in [2.05, 4.69) is 10.3 Å². The van der Waals surface area contributed by atoms with E-state index in [1.54, 1.807) is 13.2 Å². The van der Waals surface area contributed by atoms with Crippen molar-refractivity contribution in [3.05, 3.63) is 64.1 Å². The summed E-state index contributed by atoms with van der Waals surface area (Å²) in [7, 11) is 1.60. The fourth-order valence-electron chi connectivity index (χ4n) is 2.29. The van der Waals surface area contributed by atoms with Crippen LogP contribution in [0.4, 0.5) is 0 Å². The molecule has 1 atom stereocenters. The van der Waals surface area contributed by atoms with Crippen molar-refractivity contribution in [2.75, 3.05) is 13.7 Å². The summed E-state index contributed by atoms with van der Waals surface area (Å²) in [5.41, 5.74) is 1.68. The number of nitrogens with zero attached hydrogens (tertiary/aromatic N) is 1. The van der Waals surface area contributed by atoms with Gasteiger partial charge < -0.3 is 10.1 Å². The highest BCUT2D eigenvalue weighted by Crippen LogP contribution is 2.25. The number of ether oxygens (including phenoxy) is 1. The van der Waals surface area contributed by atoms with Gasteiger partial charge in [-0.3, -0.25) is 4.79 Å². The maximum atomic E-state index is 12.3. The smallest absolute Gasteiger partial charge is 0.280 e. The predicted octanol–water partition coefficient (Wildman–Crippen LogP) is 4.07. The summed E-state index contributed by atoms with van der Waals surface area (Å²) in [4.78, 5) is 16.6. The van der Waals surface area contributed by atoms with Crippen molar-refractivity contribution in [1.29, 1.82) is 0 Å². The molecule has 23 heavy (non-hydrogen) atoms. The number of carbonyl (C=O) groups is 1. The second kappa shape index (κ2) is 7.08. The number of benzene rings is 2. The van der Waals surface area contributed by atoms with Gasteiger partial charge in [0.25, 0.3) is 5.91 Å². The van der Waals surface area contributed by atoms with E-state index >= 15 is 0 Å². The zero-order chi connectivity index (χ0) is 16.2. The first kappa shape index (κ1) is 15.9. The summed E-state index contributed by atoms with van der Waals surface area (Å²) in [6.45, 7) is 0.328. The minimum atomic E-state index is -0.304. The fourth-order valence-corrected chi connectivity index (χ4v) is 3.43. The Kier molecular flexibility index (Phi) is 4.91. The van der Waals surface area contributed by atoms with Crippen molar-refractivity contribution in [2.24, 2.45) is 0 Å². The second-order valence-electron chi connectivity index (χ2n) is 4.94. The molecule has 0 unspecified atom stereocenters.